The van der Waals surface area contributed by atoms with Crippen LogP contribution in [0.15, 0.2) is 83.8 Å². The molecule has 3 aromatic carbocycles. The highest BCUT2D eigenvalue weighted by Gasteiger charge is 2.22. The smallest absolute Gasteiger partial charge is 0.264 e. The molecule has 0 saturated carbocycles. The fourth-order valence-corrected chi connectivity index (χ4v) is 4.66. The molecule has 0 aliphatic heterocycles. The van der Waals surface area contributed by atoms with Crippen LogP contribution in [0, 0.1) is 0 Å². The van der Waals surface area contributed by atoms with Crippen molar-refractivity contribution in [2.45, 2.75) is 4.90 Å². The third-order valence-corrected chi connectivity index (χ3v) is 6.71. The molecule has 0 aromatic heterocycles. The normalized spacial score (nSPS) is 11.5. The number of anilines is 3. The van der Waals surface area contributed by atoms with Crippen LogP contribution in [0.5, 0.6) is 0 Å². The van der Waals surface area contributed by atoms with E-state index in [1.165, 1.54) is 37.4 Å². The molecule has 0 heterocycles. The monoisotopic (exact) mass is 459 g/mol. The number of amides is 1. The second-order valence-corrected chi connectivity index (χ2v) is 10.4. The van der Waals surface area contributed by atoms with Crippen molar-refractivity contribution in [3.8, 4) is 0 Å². The van der Waals surface area contributed by atoms with Crippen molar-refractivity contribution in [1.29, 1.82) is 0 Å². The van der Waals surface area contributed by atoms with Crippen LogP contribution >= 0.6 is 0 Å². The van der Waals surface area contributed by atoms with Gasteiger partial charge in [-0.1, -0.05) is 36.4 Å². The van der Waals surface area contributed by atoms with E-state index >= 15 is 0 Å². The molecular weight excluding hydrogens is 438 g/mol. The van der Waals surface area contributed by atoms with Gasteiger partial charge in [-0.25, -0.2) is 16.8 Å². The van der Waals surface area contributed by atoms with Crippen molar-refractivity contribution in [3.05, 3.63) is 84.4 Å². The van der Waals surface area contributed by atoms with Crippen molar-refractivity contribution in [3.63, 3.8) is 0 Å². The summed E-state index contributed by atoms with van der Waals surface area (Å²) in [6.07, 6.45) is 0.985. The van der Waals surface area contributed by atoms with Crippen LogP contribution in [-0.2, 0) is 20.0 Å². The van der Waals surface area contributed by atoms with Crippen LogP contribution in [-0.4, -0.2) is 36.0 Å². The summed E-state index contributed by atoms with van der Waals surface area (Å²) in [6, 6.07) is 20.6. The van der Waals surface area contributed by atoms with E-state index in [4.69, 9.17) is 0 Å². The Balaban J connectivity index is 1.87. The molecule has 1 amide bonds. The van der Waals surface area contributed by atoms with Gasteiger partial charge in [0.05, 0.1) is 28.1 Å². The van der Waals surface area contributed by atoms with Crippen LogP contribution in [0.4, 0.5) is 17.1 Å². The zero-order valence-electron chi connectivity index (χ0n) is 16.8. The number of sulfonamides is 2. The van der Waals surface area contributed by atoms with Crippen LogP contribution in [0.25, 0.3) is 0 Å². The van der Waals surface area contributed by atoms with Crippen LogP contribution in [0.2, 0.25) is 0 Å². The van der Waals surface area contributed by atoms with Crippen molar-refractivity contribution < 1.29 is 21.6 Å². The van der Waals surface area contributed by atoms with E-state index in [0.29, 0.717) is 5.69 Å². The quantitative estimate of drug-likeness (QED) is 0.564. The lowest BCUT2D eigenvalue weighted by molar-refractivity contribution is 0.102. The highest BCUT2D eigenvalue weighted by atomic mass is 32.2. The van der Waals surface area contributed by atoms with Gasteiger partial charge in [0.1, 0.15) is 0 Å². The van der Waals surface area contributed by atoms with Crippen LogP contribution < -0.4 is 14.3 Å². The molecule has 3 aromatic rings. The Morgan fingerprint density at radius 2 is 1.48 bits per heavy atom. The standard InChI is InChI=1S/C21H21N3O5S2/c1-24(17-10-4-3-5-11-17)31(28,29)18-12-8-9-16(15-18)22-21(25)19-13-6-7-14-20(19)23-30(2,26)27/h3-15,23H,1-2H3,(H,22,25). The van der Waals surface area contributed by atoms with E-state index in [-0.39, 0.29) is 21.8 Å². The number of rotatable bonds is 7. The SMILES string of the molecule is CN(c1ccccc1)S(=O)(=O)c1cccc(NC(=O)c2ccccc2NS(C)(=O)=O)c1. The highest BCUT2D eigenvalue weighted by molar-refractivity contribution is 7.92. The minimum Gasteiger partial charge on any atom is -0.322 e. The van der Waals surface area contributed by atoms with Crippen molar-refractivity contribution >= 4 is 43.0 Å². The largest absolute Gasteiger partial charge is 0.322 e. The third-order valence-electron chi connectivity index (χ3n) is 4.34. The second-order valence-electron chi connectivity index (χ2n) is 6.71. The van der Waals surface area contributed by atoms with Gasteiger partial charge in [-0.15, -0.1) is 0 Å². The first-order chi connectivity index (χ1) is 14.6. The predicted molar refractivity (Wildman–Crippen MR) is 121 cm³/mol. The second kappa shape index (κ2) is 8.78. The van der Waals surface area contributed by atoms with Crippen LogP contribution in [0.3, 0.4) is 0 Å². The van der Waals surface area contributed by atoms with Gasteiger partial charge in [0.15, 0.2) is 0 Å². The van der Waals surface area contributed by atoms with Gasteiger partial charge in [-0.3, -0.25) is 13.8 Å². The van der Waals surface area contributed by atoms with Crippen molar-refractivity contribution in [2.24, 2.45) is 0 Å². The molecule has 0 fully saturated rings. The summed E-state index contributed by atoms with van der Waals surface area (Å²) in [4.78, 5) is 12.7. The summed E-state index contributed by atoms with van der Waals surface area (Å²) in [7, 11) is -5.99. The first kappa shape index (κ1) is 22.3. The van der Waals surface area contributed by atoms with Gasteiger partial charge >= 0.3 is 0 Å². The lowest BCUT2D eigenvalue weighted by Crippen LogP contribution is -2.26. The van der Waals surface area contributed by atoms with E-state index in [0.717, 1.165) is 10.6 Å². The molecule has 0 bridgehead atoms. The Kier molecular flexibility index (Phi) is 6.32. The number of para-hydroxylation sites is 2. The Morgan fingerprint density at radius 3 is 2.16 bits per heavy atom. The van der Waals surface area contributed by atoms with Gasteiger partial charge in [0.25, 0.3) is 15.9 Å². The van der Waals surface area contributed by atoms with Crippen LogP contribution in [0.1, 0.15) is 10.4 Å². The lowest BCUT2D eigenvalue weighted by Gasteiger charge is -2.20. The number of hydrogen-bond donors (Lipinski definition) is 2. The summed E-state index contributed by atoms with van der Waals surface area (Å²) < 4.78 is 52.5. The number of carbonyl (C=O) groups excluding carboxylic acids is 1. The molecule has 0 atom stereocenters. The Morgan fingerprint density at radius 1 is 0.839 bits per heavy atom. The topological polar surface area (TPSA) is 113 Å². The zero-order chi connectivity index (χ0) is 22.6. The molecule has 0 aliphatic rings. The Hall–Kier alpha value is -3.37. The Labute approximate surface area is 181 Å². The fourth-order valence-electron chi connectivity index (χ4n) is 2.84. The molecule has 0 aliphatic carbocycles. The molecule has 10 heteroatoms. The third kappa shape index (κ3) is 5.41. The minimum absolute atomic E-state index is 0.000742. The molecule has 2 N–H and O–H groups in total. The average molecular weight is 460 g/mol. The summed E-state index contributed by atoms with van der Waals surface area (Å²) in [5.41, 5.74) is 0.970. The van der Waals surface area contributed by atoms with Gasteiger partial charge < -0.3 is 5.32 Å². The van der Waals surface area contributed by atoms with Crippen molar-refractivity contribution in [1.82, 2.24) is 0 Å². The molecule has 0 unspecified atom stereocenters. The van der Waals surface area contributed by atoms with E-state index in [1.807, 2.05) is 0 Å². The summed E-state index contributed by atoms with van der Waals surface area (Å²) in [5.74, 6) is -0.585. The van der Waals surface area contributed by atoms with E-state index in [2.05, 4.69) is 10.0 Å². The molecular formula is C21H21N3O5S2. The summed E-state index contributed by atoms with van der Waals surface area (Å²) in [6.45, 7) is 0. The molecule has 3 rings (SSSR count). The first-order valence-corrected chi connectivity index (χ1v) is 12.4. The maximum absolute atomic E-state index is 13.0. The van der Waals surface area contributed by atoms with Crippen molar-refractivity contribution in [2.75, 3.05) is 27.6 Å². The number of carbonyl (C=O) groups is 1. The fraction of sp³-hybridized carbons (Fsp3) is 0.0952. The minimum atomic E-state index is -3.86. The number of nitrogens with one attached hydrogen (secondary N) is 2. The number of hydrogen-bond acceptors (Lipinski definition) is 5. The highest BCUT2D eigenvalue weighted by Crippen LogP contribution is 2.24. The van der Waals surface area contributed by atoms with Gasteiger partial charge in [0, 0.05) is 12.7 Å². The summed E-state index contributed by atoms with van der Waals surface area (Å²) in [5, 5.41) is 2.62. The molecule has 162 valence electrons. The summed E-state index contributed by atoms with van der Waals surface area (Å²) >= 11 is 0. The molecule has 0 spiro atoms. The van der Waals surface area contributed by atoms with Gasteiger partial charge in [-0.05, 0) is 42.5 Å². The maximum Gasteiger partial charge on any atom is 0.264 e. The molecule has 31 heavy (non-hydrogen) atoms. The van der Waals surface area contributed by atoms with E-state index in [9.17, 15) is 21.6 Å². The van der Waals surface area contributed by atoms with E-state index < -0.39 is 26.0 Å². The average Bonchev–Trinajstić information content (AvgIpc) is 2.73. The maximum atomic E-state index is 13.0. The number of benzene rings is 3. The van der Waals surface area contributed by atoms with E-state index in [1.54, 1.807) is 48.5 Å². The predicted octanol–water partition coefficient (Wildman–Crippen LogP) is 3.14. The van der Waals surface area contributed by atoms with Gasteiger partial charge in [0.2, 0.25) is 10.0 Å². The molecule has 0 saturated heterocycles. The lowest BCUT2D eigenvalue weighted by atomic mass is 10.1. The number of nitrogens with zero attached hydrogens (tertiary/aromatic N) is 1. The molecule has 8 nitrogen and oxygen atoms in total. The molecule has 0 radical (unpaired) electrons. The zero-order valence-corrected chi connectivity index (χ0v) is 18.4. The first-order valence-electron chi connectivity index (χ1n) is 9.10. The Bertz CT molecular complexity index is 1310. The van der Waals surface area contributed by atoms with Gasteiger partial charge in [-0.2, -0.15) is 0 Å².